The Morgan fingerprint density at radius 1 is 1.30 bits per heavy atom. The molecule has 0 radical (unpaired) electrons. The molecular weight excluding hydrogens is 345 g/mol. The summed E-state index contributed by atoms with van der Waals surface area (Å²) in [5.41, 5.74) is 3.91. The molecule has 2 N–H and O–H groups in total. The first-order chi connectivity index (χ1) is 13.0. The standard InChI is InChI=1S/C21H22FN3O2/c1-12-15-10-16-18(11-17(15)24-8-9-25(12)3)27-20(19(16)21(26)23-2)13-4-6-14(22)7-5-13/h4-7,10-12,24H,8-9H2,1-3H3,(H,23,26). The number of likely N-dealkylation sites (N-methyl/N-ethyl adjacent to an activating group) is 1. The van der Waals surface area contributed by atoms with Crippen molar-refractivity contribution in [2.24, 2.45) is 0 Å². The molecule has 1 atom stereocenters. The van der Waals surface area contributed by atoms with Gasteiger partial charge in [-0.1, -0.05) is 0 Å². The van der Waals surface area contributed by atoms with Gasteiger partial charge in [-0.05, 0) is 49.9 Å². The number of nitrogens with zero attached hydrogens (tertiary/aromatic N) is 1. The van der Waals surface area contributed by atoms with Crippen molar-refractivity contribution in [1.82, 2.24) is 10.2 Å². The molecule has 0 bridgehead atoms. The first-order valence-corrected chi connectivity index (χ1v) is 9.02. The van der Waals surface area contributed by atoms with E-state index in [1.807, 2.05) is 12.1 Å². The van der Waals surface area contributed by atoms with E-state index >= 15 is 0 Å². The number of rotatable bonds is 2. The van der Waals surface area contributed by atoms with Gasteiger partial charge in [0.15, 0.2) is 0 Å². The van der Waals surface area contributed by atoms with E-state index in [0.29, 0.717) is 22.5 Å². The number of nitrogens with one attached hydrogen (secondary N) is 2. The zero-order valence-corrected chi connectivity index (χ0v) is 15.6. The zero-order chi connectivity index (χ0) is 19.1. The van der Waals surface area contributed by atoms with Crippen LogP contribution in [-0.2, 0) is 0 Å². The van der Waals surface area contributed by atoms with Crippen LogP contribution in [0.25, 0.3) is 22.3 Å². The predicted molar refractivity (Wildman–Crippen MR) is 105 cm³/mol. The number of benzene rings is 2. The third-order valence-electron chi connectivity index (χ3n) is 5.31. The van der Waals surface area contributed by atoms with E-state index in [2.05, 4.69) is 29.5 Å². The van der Waals surface area contributed by atoms with Crippen LogP contribution in [0.4, 0.5) is 10.1 Å². The Morgan fingerprint density at radius 2 is 2.04 bits per heavy atom. The highest BCUT2D eigenvalue weighted by Crippen LogP contribution is 2.39. The van der Waals surface area contributed by atoms with E-state index in [4.69, 9.17) is 4.42 Å². The molecule has 0 spiro atoms. The highest BCUT2D eigenvalue weighted by atomic mass is 19.1. The third-order valence-corrected chi connectivity index (χ3v) is 5.31. The quantitative estimate of drug-likeness (QED) is 0.718. The lowest BCUT2D eigenvalue weighted by Gasteiger charge is -2.22. The third kappa shape index (κ3) is 2.96. The van der Waals surface area contributed by atoms with Crippen LogP contribution >= 0.6 is 0 Å². The Labute approximate surface area is 157 Å². The highest BCUT2D eigenvalue weighted by Gasteiger charge is 2.26. The molecule has 3 aromatic rings. The molecule has 1 aromatic heterocycles. The first kappa shape index (κ1) is 17.5. The maximum absolute atomic E-state index is 13.3. The molecule has 6 heteroatoms. The molecule has 140 valence electrons. The van der Waals surface area contributed by atoms with E-state index in [-0.39, 0.29) is 17.8 Å². The summed E-state index contributed by atoms with van der Waals surface area (Å²) in [6.45, 7) is 3.92. The molecule has 5 nitrogen and oxygen atoms in total. The summed E-state index contributed by atoms with van der Waals surface area (Å²) in [7, 11) is 3.68. The molecule has 0 aliphatic carbocycles. The number of anilines is 1. The van der Waals surface area contributed by atoms with Gasteiger partial charge >= 0.3 is 0 Å². The maximum atomic E-state index is 13.3. The molecule has 1 amide bonds. The van der Waals surface area contributed by atoms with Crippen LogP contribution in [0.2, 0.25) is 0 Å². The summed E-state index contributed by atoms with van der Waals surface area (Å²) in [6, 6.07) is 10.2. The van der Waals surface area contributed by atoms with Gasteiger partial charge in [-0.3, -0.25) is 9.69 Å². The van der Waals surface area contributed by atoms with E-state index in [0.717, 1.165) is 29.7 Å². The number of amides is 1. The number of hydrogen-bond donors (Lipinski definition) is 2. The molecule has 2 aromatic carbocycles. The van der Waals surface area contributed by atoms with Gasteiger partial charge in [-0.25, -0.2) is 4.39 Å². The lowest BCUT2D eigenvalue weighted by Crippen LogP contribution is -2.24. The van der Waals surface area contributed by atoms with Crippen molar-refractivity contribution in [3.8, 4) is 11.3 Å². The lowest BCUT2D eigenvalue weighted by atomic mass is 9.99. The fourth-order valence-corrected chi connectivity index (χ4v) is 3.61. The van der Waals surface area contributed by atoms with Crippen LogP contribution in [0.3, 0.4) is 0 Å². The van der Waals surface area contributed by atoms with Crippen LogP contribution < -0.4 is 10.6 Å². The largest absolute Gasteiger partial charge is 0.455 e. The van der Waals surface area contributed by atoms with Crippen LogP contribution in [0.5, 0.6) is 0 Å². The number of halogens is 1. The minimum absolute atomic E-state index is 0.209. The van der Waals surface area contributed by atoms with Gasteiger partial charge in [0, 0.05) is 48.9 Å². The number of carbonyl (C=O) groups is 1. The Hall–Kier alpha value is -2.86. The summed E-state index contributed by atoms with van der Waals surface area (Å²) in [6.07, 6.45) is 0. The zero-order valence-electron chi connectivity index (χ0n) is 15.6. The topological polar surface area (TPSA) is 57.5 Å². The maximum Gasteiger partial charge on any atom is 0.255 e. The molecule has 0 saturated heterocycles. The van der Waals surface area contributed by atoms with E-state index in [1.165, 1.54) is 12.1 Å². The molecule has 27 heavy (non-hydrogen) atoms. The van der Waals surface area contributed by atoms with Gasteiger partial charge in [-0.2, -0.15) is 0 Å². The van der Waals surface area contributed by atoms with Crippen LogP contribution in [0, 0.1) is 5.82 Å². The van der Waals surface area contributed by atoms with E-state index < -0.39 is 0 Å². The highest BCUT2D eigenvalue weighted by molar-refractivity contribution is 6.11. The van der Waals surface area contributed by atoms with Gasteiger partial charge < -0.3 is 15.1 Å². The monoisotopic (exact) mass is 367 g/mol. The van der Waals surface area contributed by atoms with Crippen molar-refractivity contribution in [2.45, 2.75) is 13.0 Å². The second-order valence-electron chi connectivity index (χ2n) is 6.91. The summed E-state index contributed by atoms with van der Waals surface area (Å²) in [4.78, 5) is 14.9. The molecule has 0 fully saturated rings. The van der Waals surface area contributed by atoms with Crippen molar-refractivity contribution in [2.75, 3.05) is 32.5 Å². The van der Waals surface area contributed by atoms with Gasteiger partial charge in [0.25, 0.3) is 5.91 Å². The van der Waals surface area contributed by atoms with Gasteiger partial charge in [0.1, 0.15) is 17.2 Å². The molecule has 2 heterocycles. The fraction of sp³-hybridized carbons (Fsp3) is 0.286. The average Bonchev–Trinajstić information content (AvgIpc) is 2.98. The van der Waals surface area contributed by atoms with Crippen LogP contribution in [0.15, 0.2) is 40.8 Å². The normalized spacial score (nSPS) is 17.3. The lowest BCUT2D eigenvalue weighted by molar-refractivity contribution is 0.0964. The number of furan rings is 1. The minimum Gasteiger partial charge on any atom is -0.455 e. The summed E-state index contributed by atoms with van der Waals surface area (Å²) in [5.74, 6) is -0.106. The fourth-order valence-electron chi connectivity index (χ4n) is 3.61. The second kappa shape index (κ2) is 6.70. The Morgan fingerprint density at radius 3 is 2.74 bits per heavy atom. The summed E-state index contributed by atoms with van der Waals surface area (Å²) >= 11 is 0. The van der Waals surface area contributed by atoms with Crippen molar-refractivity contribution in [3.05, 3.63) is 53.3 Å². The molecule has 4 rings (SSSR count). The first-order valence-electron chi connectivity index (χ1n) is 9.02. The Bertz CT molecular complexity index is 1010. The van der Waals surface area contributed by atoms with E-state index in [1.54, 1.807) is 19.2 Å². The molecular formula is C21H22FN3O2. The van der Waals surface area contributed by atoms with Crippen molar-refractivity contribution in [1.29, 1.82) is 0 Å². The van der Waals surface area contributed by atoms with Gasteiger partial charge in [0.2, 0.25) is 0 Å². The number of fused-ring (bicyclic) bond motifs is 2. The number of carbonyl (C=O) groups excluding carboxylic acids is 1. The summed E-state index contributed by atoms with van der Waals surface area (Å²) < 4.78 is 19.4. The van der Waals surface area contributed by atoms with Crippen molar-refractivity contribution >= 4 is 22.6 Å². The smallest absolute Gasteiger partial charge is 0.255 e. The van der Waals surface area contributed by atoms with Gasteiger partial charge in [0.05, 0.1) is 5.56 Å². The predicted octanol–water partition coefficient (Wildman–Crippen LogP) is 4.02. The van der Waals surface area contributed by atoms with Crippen molar-refractivity contribution < 1.29 is 13.6 Å². The Balaban J connectivity index is 1.97. The second-order valence-corrected chi connectivity index (χ2v) is 6.91. The molecule has 1 aliphatic rings. The van der Waals surface area contributed by atoms with Crippen LogP contribution in [-0.4, -0.2) is 38.0 Å². The molecule has 0 saturated carbocycles. The molecule has 1 aliphatic heterocycles. The van der Waals surface area contributed by atoms with Crippen molar-refractivity contribution in [3.63, 3.8) is 0 Å². The minimum atomic E-state index is -0.330. The Kier molecular flexibility index (Phi) is 4.36. The number of hydrogen-bond acceptors (Lipinski definition) is 4. The van der Waals surface area contributed by atoms with Gasteiger partial charge in [-0.15, -0.1) is 0 Å². The summed E-state index contributed by atoms with van der Waals surface area (Å²) in [5, 5.41) is 6.90. The van der Waals surface area contributed by atoms with Crippen LogP contribution in [0.1, 0.15) is 28.9 Å². The SMILES string of the molecule is CNC(=O)c1c(-c2ccc(F)cc2)oc2cc3c(cc12)C(C)N(C)CCN3. The average molecular weight is 367 g/mol. The van der Waals surface area contributed by atoms with E-state index in [9.17, 15) is 9.18 Å². The molecule has 1 unspecified atom stereocenters.